The Balaban J connectivity index is 2.06. The van der Waals surface area contributed by atoms with E-state index >= 15 is 0 Å². The Morgan fingerprint density at radius 3 is 2.47 bits per heavy atom. The summed E-state index contributed by atoms with van der Waals surface area (Å²) < 4.78 is 3.80. The number of hydrogen-bond acceptors (Lipinski definition) is 3. The molecule has 19 heavy (non-hydrogen) atoms. The van der Waals surface area contributed by atoms with Gasteiger partial charge < -0.3 is 0 Å². The smallest absolute Gasteiger partial charge is 0.0917 e. The highest BCUT2D eigenvalue weighted by Crippen LogP contribution is 2.21. The fourth-order valence-electron chi connectivity index (χ4n) is 1.97. The summed E-state index contributed by atoms with van der Waals surface area (Å²) in [6, 6.07) is 0. The first-order valence-corrected chi connectivity index (χ1v) is 6.31. The molecular weight excluding hydrogens is 238 g/mol. The third kappa shape index (κ3) is 2.01. The molecule has 0 spiro atoms. The molecule has 3 aromatic heterocycles. The van der Waals surface area contributed by atoms with Gasteiger partial charge in [0.25, 0.3) is 0 Å². The first kappa shape index (κ1) is 11.9. The van der Waals surface area contributed by atoms with E-state index in [4.69, 9.17) is 0 Å². The first-order valence-electron chi connectivity index (χ1n) is 6.31. The van der Waals surface area contributed by atoms with Crippen molar-refractivity contribution in [2.45, 2.75) is 33.2 Å². The molecular formula is C14H17N5. The molecule has 3 rings (SSSR count). The summed E-state index contributed by atoms with van der Waals surface area (Å²) in [5, 5.41) is 8.71. The highest BCUT2D eigenvalue weighted by Gasteiger charge is 2.15. The number of aryl methyl sites for hydroxylation is 1. The molecule has 0 bridgehead atoms. The van der Waals surface area contributed by atoms with Crippen LogP contribution >= 0.6 is 0 Å². The van der Waals surface area contributed by atoms with E-state index in [1.54, 1.807) is 0 Å². The average Bonchev–Trinajstić information content (AvgIpc) is 2.95. The maximum absolute atomic E-state index is 4.49. The van der Waals surface area contributed by atoms with Crippen LogP contribution in [0.1, 0.15) is 26.3 Å². The summed E-state index contributed by atoms with van der Waals surface area (Å²) >= 11 is 0. The summed E-state index contributed by atoms with van der Waals surface area (Å²) in [5.74, 6) is 0. The maximum Gasteiger partial charge on any atom is 0.0917 e. The molecule has 0 unspecified atom stereocenters. The van der Waals surface area contributed by atoms with E-state index in [1.807, 2.05) is 47.1 Å². The molecule has 5 nitrogen and oxygen atoms in total. The molecule has 0 saturated heterocycles. The zero-order valence-corrected chi connectivity index (χ0v) is 11.6. The van der Waals surface area contributed by atoms with Gasteiger partial charge in [-0.2, -0.15) is 10.2 Å². The van der Waals surface area contributed by atoms with Crippen molar-refractivity contribution in [2.75, 3.05) is 0 Å². The van der Waals surface area contributed by atoms with Gasteiger partial charge >= 0.3 is 0 Å². The topological polar surface area (TPSA) is 48.0 Å². The fraction of sp³-hybridized carbons (Fsp3) is 0.357. The van der Waals surface area contributed by atoms with Crippen molar-refractivity contribution >= 4 is 5.52 Å². The summed E-state index contributed by atoms with van der Waals surface area (Å²) in [4.78, 5) is 4.49. The van der Waals surface area contributed by atoms with E-state index in [1.165, 1.54) is 0 Å². The van der Waals surface area contributed by atoms with Gasteiger partial charge in [-0.3, -0.25) is 9.67 Å². The third-order valence-corrected chi connectivity index (χ3v) is 3.16. The van der Waals surface area contributed by atoms with Crippen molar-refractivity contribution in [1.29, 1.82) is 0 Å². The minimum absolute atomic E-state index is 0.0232. The van der Waals surface area contributed by atoms with Gasteiger partial charge in [-0.05, 0) is 33.3 Å². The molecule has 0 amide bonds. The van der Waals surface area contributed by atoms with Gasteiger partial charge in [-0.25, -0.2) is 4.52 Å². The van der Waals surface area contributed by atoms with Crippen molar-refractivity contribution < 1.29 is 0 Å². The van der Waals surface area contributed by atoms with Crippen molar-refractivity contribution in [3.63, 3.8) is 0 Å². The van der Waals surface area contributed by atoms with Crippen LogP contribution in [-0.2, 0) is 5.54 Å². The predicted octanol–water partition coefficient (Wildman–Crippen LogP) is 2.66. The minimum atomic E-state index is -0.0232. The Bertz CT molecular complexity index is 730. The quantitative estimate of drug-likeness (QED) is 0.671. The molecule has 0 aromatic carbocycles. The van der Waals surface area contributed by atoms with Crippen LogP contribution in [0.5, 0.6) is 0 Å². The van der Waals surface area contributed by atoms with Crippen LogP contribution in [0.4, 0.5) is 0 Å². The second-order valence-corrected chi connectivity index (χ2v) is 5.77. The van der Waals surface area contributed by atoms with Crippen molar-refractivity contribution in [2.24, 2.45) is 0 Å². The lowest BCUT2D eigenvalue weighted by Gasteiger charge is -2.18. The highest BCUT2D eigenvalue weighted by molar-refractivity contribution is 5.60. The molecule has 0 N–H and O–H groups in total. The van der Waals surface area contributed by atoms with E-state index in [9.17, 15) is 0 Å². The zero-order chi connectivity index (χ0) is 13.6. The second kappa shape index (κ2) is 3.91. The van der Waals surface area contributed by atoms with E-state index in [0.29, 0.717) is 0 Å². The van der Waals surface area contributed by atoms with E-state index < -0.39 is 0 Å². The molecule has 0 fully saturated rings. The molecule has 0 aliphatic carbocycles. The summed E-state index contributed by atoms with van der Waals surface area (Å²) in [7, 11) is 0. The van der Waals surface area contributed by atoms with Crippen molar-refractivity contribution in [3.8, 4) is 11.3 Å². The van der Waals surface area contributed by atoms with Crippen molar-refractivity contribution in [3.05, 3.63) is 36.5 Å². The normalized spacial score (nSPS) is 12.2. The van der Waals surface area contributed by atoms with Crippen molar-refractivity contribution in [1.82, 2.24) is 24.4 Å². The van der Waals surface area contributed by atoms with Crippen LogP contribution in [0, 0.1) is 6.92 Å². The van der Waals surface area contributed by atoms with E-state index in [0.717, 1.165) is 22.3 Å². The van der Waals surface area contributed by atoms with Crippen LogP contribution in [0.25, 0.3) is 16.8 Å². The Morgan fingerprint density at radius 1 is 1.00 bits per heavy atom. The molecule has 0 saturated carbocycles. The predicted molar refractivity (Wildman–Crippen MR) is 73.9 cm³/mol. The number of aromatic nitrogens is 5. The van der Waals surface area contributed by atoms with Gasteiger partial charge in [0.2, 0.25) is 0 Å². The standard InChI is InChI=1S/C14H17N5/c1-10-5-16-18-9-12(15-7-13(10)18)11-6-17-19(8-11)14(2,3)4/h5-9H,1-4H3. The third-order valence-electron chi connectivity index (χ3n) is 3.16. The summed E-state index contributed by atoms with van der Waals surface area (Å²) in [6.45, 7) is 8.40. The molecule has 98 valence electrons. The Morgan fingerprint density at radius 2 is 1.79 bits per heavy atom. The Hall–Kier alpha value is -2.17. The van der Waals surface area contributed by atoms with Gasteiger partial charge in [0, 0.05) is 11.8 Å². The molecule has 3 aromatic rings. The van der Waals surface area contributed by atoms with Crippen LogP contribution in [-0.4, -0.2) is 24.4 Å². The number of rotatable bonds is 1. The molecule has 0 radical (unpaired) electrons. The lowest BCUT2D eigenvalue weighted by atomic mass is 10.1. The number of nitrogens with zero attached hydrogens (tertiary/aromatic N) is 5. The van der Waals surface area contributed by atoms with Gasteiger partial charge in [0.1, 0.15) is 0 Å². The fourth-order valence-corrected chi connectivity index (χ4v) is 1.97. The van der Waals surface area contributed by atoms with Gasteiger partial charge in [-0.1, -0.05) is 0 Å². The molecule has 0 aliphatic heterocycles. The van der Waals surface area contributed by atoms with Gasteiger partial charge in [0.15, 0.2) is 0 Å². The van der Waals surface area contributed by atoms with Crippen LogP contribution in [0.2, 0.25) is 0 Å². The largest absolute Gasteiger partial charge is 0.267 e. The lowest BCUT2D eigenvalue weighted by Crippen LogP contribution is -2.21. The highest BCUT2D eigenvalue weighted by atomic mass is 15.3. The number of hydrogen-bond donors (Lipinski definition) is 0. The molecule has 5 heteroatoms. The Labute approximate surface area is 111 Å². The lowest BCUT2D eigenvalue weighted by molar-refractivity contribution is 0.355. The molecule has 0 aliphatic rings. The van der Waals surface area contributed by atoms with Crippen LogP contribution in [0.15, 0.2) is 31.0 Å². The number of fused-ring (bicyclic) bond motifs is 1. The van der Waals surface area contributed by atoms with Crippen LogP contribution < -0.4 is 0 Å². The second-order valence-electron chi connectivity index (χ2n) is 5.77. The molecule has 0 atom stereocenters. The summed E-state index contributed by atoms with van der Waals surface area (Å²) in [5.41, 5.74) is 4.03. The van der Waals surface area contributed by atoms with Crippen LogP contribution in [0.3, 0.4) is 0 Å². The summed E-state index contributed by atoms with van der Waals surface area (Å²) in [6.07, 6.45) is 9.50. The van der Waals surface area contributed by atoms with E-state index in [2.05, 4.69) is 36.0 Å². The van der Waals surface area contributed by atoms with Gasteiger partial charge in [-0.15, -0.1) is 0 Å². The Kier molecular flexibility index (Phi) is 2.45. The SMILES string of the molecule is Cc1cnn2cc(-c3cnn(C(C)(C)C)c3)ncc12. The monoisotopic (exact) mass is 255 g/mol. The average molecular weight is 255 g/mol. The first-order chi connectivity index (χ1) is 8.95. The van der Waals surface area contributed by atoms with E-state index in [-0.39, 0.29) is 5.54 Å². The maximum atomic E-state index is 4.49. The molecule has 3 heterocycles. The van der Waals surface area contributed by atoms with Gasteiger partial charge in [0.05, 0.1) is 41.5 Å². The minimum Gasteiger partial charge on any atom is -0.267 e. The zero-order valence-electron chi connectivity index (χ0n) is 11.6.